The number of benzene rings is 2. The van der Waals surface area contributed by atoms with Crippen molar-refractivity contribution < 1.29 is 4.39 Å². The molecule has 2 rings (SSSR count). The van der Waals surface area contributed by atoms with Crippen molar-refractivity contribution in [3.05, 3.63) is 58.9 Å². The largest absolute Gasteiger partial charge is 0.324 e. The summed E-state index contributed by atoms with van der Waals surface area (Å²) >= 11 is 1.64. The minimum atomic E-state index is -0.193. The van der Waals surface area contributed by atoms with E-state index >= 15 is 0 Å². The monoisotopic (exact) mass is 303 g/mol. The molecule has 0 aromatic heterocycles. The molecule has 2 aromatic carbocycles. The van der Waals surface area contributed by atoms with Gasteiger partial charge in [-0.15, -0.1) is 0 Å². The van der Waals surface area contributed by atoms with Crippen molar-refractivity contribution in [1.82, 2.24) is 0 Å². The van der Waals surface area contributed by atoms with Gasteiger partial charge in [0, 0.05) is 15.8 Å². The molecule has 0 bridgehead atoms. The minimum Gasteiger partial charge on any atom is -0.324 e. The normalized spacial score (nSPS) is 12.7. The van der Waals surface area contributed by atoms with Gasteiger partial charge >= 0.3 is 0 Å². The first kappa shape index (κ1) is 16.1. The molecule has 0 spiro atoms. The molecule has 0 aliphatic heterocycles. The van der Waals surface area contributed by atoms with Crippen LogP contribution in [0.1, 0.15) is 49.4 Å². The molecule has 0 saturated carbocycles. The van der Waals surface area contributed by atoms with Crippen LogP contribution in [0.5, 0.6) is 0 Å². The Bertz CT molecular complexity index is 618. The Balaban J connectivity index is 2.32. The molecule has 21 heavy (non-hydrogen) atoms. The summed E-state index contributed by atoms with van der Waals surface area (Å²) in [5.74, 6) is 0.332. The fourth-order valence-corrected chi connectivity index (χ4v) is 3.29. The molecule has 1 unspecified atom stereocenters. The van der Waals surface area contributed by atoms with E-state index in [0.717, 1.165) is 15.4 Å². The van der Waals surface area contributed by atoms with Crippen LogP contribution in [-0.4, -0.2) is 0 Å². The molecule has 112 valence electrons. The van der Waals surface area contributed by atoms with Gasteiger partial charge in [0.1, 0.15) is 5.82 Å². The van der Waals surface area contributed by atoms with Gasteiger partial charge in [-0.2, -0.15) is 0 Å². The van der Waals surface area contributed by atoms with Crippen LogP contribution in [0.3, 0.4) is 0 Å². The molecule has 0 aliphatic carbocycles. The second-order valence-electron chi connectivity index (χ2n) is 5.75. The molecule has 1 atom stereocenters. The zero-order chi connectivity index (χ0) is 15.6. The summed E-state index contributed by atoms with van der Waals surface area (Å²) in [4.78, 5) is 2.17. The number of aryl methyl sites for hydroxylation is 1. The van der Waals surface area contributed by atoms with E-state index in [9.17, 15) is 4.39 Å². The number of hydrogen-bond donors (Lipinski definition) is 1. The summed E-state index contributed by atoms with van der Waals surface area (Å²) in [6, 6.07) is 11.8. The minimum absolute atomic E-state index is 0.183. The van der Waals surface area contributed by atoms with Gasteiger partial charge in [-0.25, -0.2) is 4.39 Å². The Morgan fingerprint density at radius 2 is 1.67 bits per heavy atom. The average molecular weight is 303 g/mol. The standard InChI is InChI=1S/C18H22FNS/c1-11(2)14-5-7-15(8-6-14)21-18-9-12(3)17(19)10-16(18)13(4)20/h5-11,13H,20H2,1-4H3. The smallest absolute Gasteiger partial charge is 0.126 e. The van der Waals surface area contributed by atoms with Gasteiger partial charge in [-0.3, -0.25) is 0 Å². The van der Waals surface area contributed by atoms with Gasteiger partial charge in [-0.05, 0) is 60.7 Å². The van der Waals surface area contributed by atoms with Crippen molar-refractivity contribution in [2.24, 2.45) is 5.73 Å². The van der Waals surface area contributed by atoms with Crippen molar-refractivity contribution in [2.45, 2.75) is 49.4 Å². The predicted octanol–water partition coefficient (Wildman–Crippen LogP) is 5.43. The van der Waals surface area contributed by atoms with Gasteiger partial charge in [0.05, 0.1) is 0 Å². The summed E-state index contributed by atoms with van der Waals surface area (Å²) in [6.07, 6.45) is 0. The molecule has 0 aliphatic rings. The molecular weight excluding hydrogens is 281 g/mol. The molecule has 3 heteroatoms. The van der Waals surface area contributed by atoms with Crippen LogP contribution in [0, 0.1) is 12.7 Å². The van der Waals surface area contributed by atoms with E-state index in [4.69, 9.17) is 5.73 Å². The molecule has 0 fully saturated rings. The van der Waals surface area contributed by atoms with E-state index in [-0.39, 0.29) is 11.9 Å². The maximum absolute atomic E-state index is 13.7. The van der Waals surface area contributed by atoms with Crippen LogP contribution < -0.4 is 5.73 Å². The molecule has 0 heterocycles. The SMILES string of the molecule is Cc1cc(Sc2ccc(C(C)C)cc2)c(C(C)N)cc1F. The third-order valence-electron chi connectivity index (χ3n) is 3.56. The second kappa shape index (κ2) is 6.63. The highest BCUT2D eigenvalue weighted by molar-refractivity contribution is 7.99. The lowest BCUT2D eigenvalue weighted by atomic mass is 10.0. The third-order valence-corrected chi connectivity index (χ3v) is 4.64. The van der Waals surface area contributed by atoms with Crippen LogP contribution in [-0.2, 0) is 0 Å². The maximum Gasteiger partial charge on any atom is 0.126 e. The van der Waals surface area contributed by atoms with Gasteiger partial charge in [0.25, 0.3) is 0 Å². The zero-order valence-electron chi connectivity index (χ0n) is 13.0. The Kier molecular flexibility index (Phi) is 5.07. The van der Waals surface area contributed by atoms with Crippen LogP contribution >= 0.6 is 11.8 Å². The van der Waals surface area contributed by atoms with Gasteiger partial charge in [0.15, 0.2) is 0 Å². The lowest BCUT2D eigenvalue weighted by molar-refractivity contribution is 0.610. The van der Waals surface area contributed by atoms with E-state index in [1.807, 2.05) is 13.0 Å². The number of rotatable bonds is 4. The highest BCUT2D eigenvalue weighted by Gasteiger charge is 2.12. The molecule has 0 amide bonds. The van der Waals surface area contributed by atoms with Crippen molar-refractivity contribution >= 4 is 11.8 Å². The number of halogens is 1. The molecule has 0 radical (unpaired) electrons. The van der Waals surface area contributed by atoms with Crippen LogP contribution in [0.25, 0.3) is 0 Å². The van der Waals surface area contributed by atoms with E-state index in [1.54, 1.807) is 24.8 Å². The number of nitrogens with two attached hydrogens (primary N) is 1. The summed E-state index contributed by atoms with van der Waals surface area (Å²) in [5, 5.41) is 0. The Hall–Kier alpha value is -1.32. The van der Waals surface area contributed by atoms with Crippen molar-refractivity contribution in [3.63, 3.8) is 0 Å². The Labute approximate surface area is 130 Å². The zero-order valence-corrected chi connectivity index (χ0v) is 13.8. The molecule has 1 nitrogen and oxygen atoms in total. The molecule has 2 aromatic rings. The highest BCUT2D eigenvalue weighted by atomic mass is 32.2. The van der Waals surface area contributed by atoms with E-state index in [0.29, 0.717) is 11.5 Å². The fourth-order valence-electron chi connectivity index (χ4n) is 2.16. The summed E-state index contributed by atoms with van der Waals surface area (Å²) < 4.78 is 13.7. The Morgan fingerprint density at radius 3 is 2.19 bits per heavy atom. The Morgan fingerprint density at radius 1 is 1.05 bits per heavy atom. The molecule has 0 saturated heterocycles. The highest BCUT2D eigenvalue weighted by Crippen LogP contribution is 2.35. The first-order chi connectivity index (χ1) is 9.88. The average Bonchev–Trinajstić information content (AvgIpc) is 2.43. The van der Waals surface area contributed by atoms with E-state index < -0.39 is 0 Å². The fraction of sp³-hybridized carbons (Fsp3) is 0.333. The van der Waals surface area contributed by atoms with Crippen LogP contribution in [0.2, 0.25) is 0 Å². The lowest BCUT2D eigenvalue weighted by Gasteiger charge is -2.14. The summed E-state index contributed by atoms with van der Waals surface area (Å²) in [6.45, 7) is 8.03. The van der Waals surface area contributed by atoms with Gasteiger partial charge in [-0.1, -0.05) is 37.7 Å². The predicted molar refractivity (Wildman–Crippen MR) is 88.4 cm³/mol. The van der Waals surface area contributed by atoms with E-state index in [1.165, 1.54) is 5.56 Å². The van der Waals surface area contributed by atoms with Crippen LogP contribution in [0.15, 0.2) is 46.2 Å². The van der Waals surface area contributed by atoms with Crippen molar-refractivity contribution in [2.75, 3.05) is 0 Å². The van der Waals surface area contributed by atoms with Gasteiger partial charge in [0.2, 0.25) is 0 Å². The summed E-state index contributed by atoms with van der Waals surface area (Å²) in [7, 11) is 0. The molecular formula is C18H22FNS. The van der Waals surface area contributed by atoms with Gasteiger partial charge < -0.3 is 5.73 Å². The molecule has 2 N–H and O–H groups in total. The summed E-state index contributed by atoms with van der Waals surface area (Å²) in [5.41, 5.74) is 8.80. The third kappa shape index (κ3) is 3.86. The maximum atomic E-state index is 13.7. The lowest BCUT2D eigenvalue weighted by Crippen LogP contribution is -2.07. The first-order valence-corrected chi connectivity index (χ1v) is 8.03. The van der Waals surface area contributed by atoms with E-state index in [2.05, 4.69) is 38.1 Å². The second-order valence-corrected chi connectivity index (χ2v) is 6.87. The number of hydrogen-bond acceptors (Lipinski definition) is 2. The van der Waals surface area contributed by atoms with Crippen molar-refractivity contribution in [1.29, 1.82) is 0 Å². The topological polar surface area (TPSA) is 26.0 Å². The van der Waals surface area contributed by atoms with Crippen LogP contribution in [0.4, 0.5) is 4.39 Å². The van der Waals surface area contributed by atoms with Crippen molar-refractivity contribution in [3.8, 4) is 0 Å². The first-order valence-electron chi connectivity index (χ1n) is 7.22. The quantitative estimate of drug-likeness (QED) is 0.815.